The normalized spacial score (nSPS) is 27.0. The quantitative estimate of drug-likeness (QED) is 0.138. The van der Waals surface area contributed by atoms with Crippen molar-refractivity contribution in [2.75, 3.05) is 51.5 Å². The fourth-order valence-electron chi connectivity index (χ4n) is 9.35. The molecule has 0 radical (unpaired) electrons. The lowest BCUT2D eigenvalue weighted by atomic mass is 9.91. The van der Waals surface area contributed by atoms with E-state index in [9.17, 15) is 8.96 Å². The Kier molecular flexibility index (Phi) is 9.03. The Morgan fingerprint density at radius 3 is 2.81 bits per heavy atom. The number of piperazine rings is 1. The van der Waals surface area contributed by atoms with Crippen LogP contribution in [0.5, 0.6) is 11.8 Å². The molecule has 15 heteroatoms. The largest absolute Gasteiger partial charge is 0.491 e. The maximum atomic E-state index is 17.6. The third-order valence-electron chi connectivity index (χ3n) is 11.8. The van der Waals surface area contributed by atoms with Gasteiger partial charge in [0.05, 0.1) is 35.7 Å². The lowest BCUT2D eigenvalue weighted by Gasteiger charge is -2.40. The van der Waals surface area contributed by atoms with Crippen molar-refractivity contribution < 1.29 is 40.8 Å². The molecule has 5 aliphatic heterocycles. The summed E-state index contributed by atoms with van der Waals surface area (Å²) in [6.45, 7) is 3.79. The predicted octanol–water partition coefficient (Wildman–Crippen LogP) is 6.67. The van der Waals surface area contributed by atoms with E-state index in [-0.39, 0.29) is 66.2 Å². The van der Waals surface area contributed by atoms with Gasteiger partial charge in [0.2, 0.25) is 0 Å². The molecule has 0 saturated carbocycles. The third kappa shape index (κ3) is 5.92. The molecule has 1 unspecified atom stereocenters. The second-order valence-corrected chi connectivity index (χ2v) is 16.6. The first-order chi connectivity index (χ1) is 26.1. The minimum Gasteiger partial charge on any atom is -0.491 e. The highest BCUT2D eigenvalue weighted by molar-refractivity contribution is 7.48. The minimum atomic E-state index is -3.89. The van der Waals surface area contributed by atoms with Crippen LogP contribution in [0, 0.1) is 24.0 Å². The highest BCUT2D eigenvalue weighted by Gasteiger charge is 2.50. The van der Waals surface area contributed by atoms with Gasteiger partial charge in [0.1, 0.15) is 42.3 Å². The molecule has 4 fully saturated rings. The van der Waals surface area contributed by atoms with E-state index < -0.39 is 31.2 Å². The SMILES string of the molecule is C#Cc1c(F)ccc2cc(COP(=O)(OC)OCC)cc(-c3cc4c5c(nc(OC[C@@]67CCCN6C[C@H](F)C7)nc5c3F)N3C[C@H]5CC[C@H](N5)[C@H]3CO4)c12. The van der Waals surface area contributed by atoms with Crippen LogP contribution in [0.3, 0.4) is 0 Å². The highest BCUT2D eigenvalue weighted by atomic mass is 31.2. The molecule has 2 bridgehead atoms. The highest BCUT2D eigenvalue weighted by Crippen LogP contribution is 2.50. The summed E-state index contributed by atoms with van der Waals surface area (Å²) in [5, 5.41) is 4.90. The summed E-state index contributed by atoms with van der Waals surface area (Å²) in [5.74, 6) is 1.97. The summed E-state index contributed by atoms with van der Waals surface area (Å²) in [4.78, 5) is 14.0. The Bertz CT molecular complexity index is 2260. The zero-order valence-corrected chi connectivity index (χ0v) is 31.0. The van der Waals surface area contributed by atoms with Gasteiger partial charge >= 0.3 is 13.8 Å². The topological polar surface area (TPSA) is 108 Å². The number of ether oxygens (including phenoxy) is 2. The summed E-state index contributed by atoms with van der Waals surface area (Å²) in [7, 11) is -2.67. The number of terminal acetylenes is 1. The van der Waals surface area contributed by atoms with E-state index in [0.29, 0.717) is 59.4 Å². The molecule has 6 heterocycles. The molecule has 3 aromatic carbocycles. The van der Waals surface area contributed by atoms with Crippen molar-refractivity contribution in [2.45, 2.75) is 75.5 Å². The number of halogens is 3. The van der Waals surface area contributed by atoms with E-state index in [1.165, 1.54) is 13.2 Å². The number of phosphoric ester groups is 1. The number of hydrogen-bond acceptors (Lipinski definition) is 11. The van der Waals surface area contributed by atoms with E-state index >= 15 is 8.78 Å². The summed E-state index contributed by atoms with van der Waals surface area (Å²) in [6, 6.07) is 7.99. The van der Waals surface area contributed by atoms with Crippen molar-refractivity contribution >= 4 is 35.3 Å². The van der Waals surface area contributed by atoms with E-state index in [2.05, 4.69) is 21.0 Å². The van der Waals surface area contributed by atoms with Crippen molar-refractivity contribution in [3.05, 3.63) is 53.1 Å². The van der Waals surface area contributed by atoms with Crippen LogP contribution in [0.15, 0.2) is 30.3 Å². The van der Waals surface area contributed by atoms with Crippen LogP contribution in [-0.4, -0.2) is 91.3 Å². The van der Waals surface area contributed by atoms with Gasteiger partial charge in [-0.3, -0.25) is 18.5 Å². The maximum Gasteiger partial charge on any atom is 0.474 e. The molecular weight excluding hydrogens is 722 g/mol. The molecule has 1 aromatic heterocycles. The molecule has 284 valence electrons. The van der Waals surface area contributed by atoms with E-state index in [0.717, 1.165) is 32.2 Å². The van der Waals surface area contributed by atoms with Crippen LogP contribution in [0.2, 0.25) is 0 Å². The van der Waals surface area contributed by atoms with Gasteiger partial charge < -0.3 is 19.7 Å². The standard InChI is InChI=1S/C39H41F3N5O6P/c1-4-26-29(41)9-7-23-13-22(19-53-54(48,49-3)52-5-2)14-27(33(23)26)28-15-32-34-36(35(28)42)44-38(51-21-39-11-6-12-46(39)17-24(40)16-39)45-37(34)47-18-25-8-10-30(43-25)31(47)20-50-32/h1,7,9,13-15,24-25,30-31,43H,5-6,8,10-12,16-21H2,2-3H3/t24-,25-,30+,31-,39+,54?/m1/s1. The van der Waals surface area contributed by atoms with Gasteiger partial charge in [-0.1, -0.05) is 12.0 Å². The average molecular weight is 764 g/mol. The fourth-order valence-corrected chi connectivity index (χ4v) is 10.3. The molecule has 0 amide bonds. The number of hydrogen-bond donors (Lipinski definition) is 1. The van der Waals surface area contributed by atoms with E-state index in [1.54, 1.807) is 31.2 Å². The zero-order chi connectivity index (χ0) is 37.4. The molecule has 54 heavy (non-hydrogen) atoms. The molecule has 0 aliphatic carbocycles. The van der Waals surface area contributed by atoms with Crippen molar-refractivity contribution in [1.82, 2.24) is 20.2 Å². The van der Waals surface area contributed by atoms with Gasteiger partial charge in [-0.25, -0.2) is 17.7 Å². The number of nitrogens with one attached hydrogen (secondary N) is 1. The summed E-state index contributed by atoms with van der Waals surface area (Å²) in [6.07, 6.45) is 8.99. The summed E-state index contributed by atoms with van der Waals surface area (Å²) < 4.78 is 89.4. The van der Waals surface area contributed by atoms with Gasteiger partial charge in [-0.05, 0) is 79.9 Å². The van der Waals surface area contributed by atoms with Crippen LogP contribution >= 0.6 is 7.82 Å². The average Bonchev–Trinajstić information content (AvgIpc) is 3.81. The van der Waals surface area contributed by atoms with Crippen LogP contribution < -0.4 is 19.7 Å². The molecule has 4 aromatic rings. The van der Waals surface area contributed by atoms with Gasteiger partial charge in [0.25, 0.3) is 0 Å². The van der Waals surface area contributed by atoms with Crippen LogP contribution in [0.4, 0.5) is 19.0 Å². The Balaban J connectivity index is 1.22. The first-order valence-corrected chi connectivity index (χ1v) is 20.0. The Labute approximate surface area is 311 Å². The number of alkyl halides is 1. The second-order valence-electron chi connectivity index (χ2n) is 14.9. The van der Waals surface area contributed by atoms with Crippen LogP contribution in [0.25, 0.3) is 32.8 Å². The molecule has 9 rings (SSSR count). The van der Waals surface area contributed by atoms with Gasteiger partial charge in [-0.15, -0.1) is 6.42 Å². The fraction of sp³-hybridized carbons (Fsp3) is 0.487. The third-order valence-corrected chi connectivity index (χ3v) is 13.2. The van der Waals surface area contributed by atoms with Crippen molar-refractivity contribution in [2.24, 2.45) is 0 Å². The summed E-state index contributed by atoms with van der Waals surface area (Å²) in [5.41, 5.74) is 0.241. The van der Waals surface area contributed by atoms with Crippen LogP contribution in [0.1, 0.15) is 50.2 Å². The first kappa shape index (κ1) is 35.7. The Morgan fingerprint density at radius 1 is 1.13 bits per heavy atom. The first-order valence-electron chi connectivity index (χ1n) is 18.5. The van der Waals surface area contributed by atoms with Crippen molar-refractivity contribution in [3.8, 4) is 35.2 Å². The molecule has 4 saturated heterocycles. The number of aromatic nitrogens is 2. The molecule has 11 nitrogen and oxygen atoms in total. The van der Waals surface area contributed by atoms with Gasteiger partial charge in [0, 0.05) is 49.7 Å². The van der Waals surface area contributed by atoms with E-state index in [4.69, 9.17) is 39.4 Å². The maximum absolute atomic E-state index is 17.6. The zero-order valence-electron chi connectivity index (χ0n) is 30.1. The van der Waals surface area contributed by atoms with Crippen molar-refractivity contribution in [3.63, 3.8) is 0 Å². The molecule has 0 spiro atoms. The van der Waals surface area contributed by atoms with Crippen molar-refractivity contribution in [1.29, 1.82) is 0 Å². The molecular formula is C39H41F3N5O6P. The smallest absolute Gasteiger partial charge is 0.474 e. The Hall–Kier alpha value is -3.96. The summed E-state index contributed by atoms with van der Waals surface area (Å²) >= 11 is 0. The van der Waals surface area contributed by atoms with E-state index in [1.807, 2.05) is 0 Å². The number of anilines is 1. The number of benzene rings is 3. The van der Waals surface area contributed by atoms with Gasteiger partial charge in [-0.2, -0.15) is 9.97 Å². The minimum absolute atomic E-state index is 0.0110. The lowest BCUT2D eigenvalue weighted by molar-refractivity contribution is 0.107. The number of phosphoric acid groups is 1. The second kappa shape index (κ2) is 13.7. The van der Waals surface area contributed by atoms with Crippen LogP contribution in [-0.2, 0) is 24.7 Å². The lowest BCUT2D eigenvalue weighted by Crippen LogP contribution is -2.60. The number of nitrogens with zero attached hydrogens (tertiary/aromatic N) is 4. The predicted molar refractivity (Wildman–Crippen MR) is 196 cm³/mol. The number of fused-ring (bicyclic) bond motifs is 7. The Morgan fingerprint density at radius 2 is 2.00 bits per heavy atom. The number of rotatable bonds is 10. The molecule has 1 N–H and O–H groups in total. The molecule has 5 aliphatic rings. The monoisotopic (exact) mass is 763 g/mol. The van der Waals surface area contributed by atoms with Gasteiger partial charge in [0.15, 0.2) is 5.82 Å². The molecule has 6 atom stereocenters.